The third kappa shape index (κ3) is 5.46. The number of benzene rings is 1. The van der Waals surface area contributed by atoms with E-state index in [0.29, 0.717) is 34.7 Å². The Kier molecular flexibility index (Phi) is 7.82. The molecule has 8 nitrogen and oxygen atoms in total. The van der Waals surface area contributed by atoms with Crippen LogP contribution in [0.2, 0.25) is 5.02 Å². The fourth-order valence-electron chi connectivity index (χ4n) is 5.80. The van der Waals surface area contributed by atoms with Crippen LogP contribution in [0.1, 0.15) is 79.1 Å². The second-order valence-corrected chi connectivity index (χ2v) is 11.6. The molecule has 0 aliphatic carbocycles. The topological polar surface area (TPSA) is 113 Å². The van der Waals surface area contributed by atoms with Crippen LogP contribution in [0.4, 0.5) is 10.3 Å². The Bertz CT molecular complexity index is 1270. The lowest BCUT2D eigenvalue weighted by molar-refractivity contribution is -0.00261. The summed E-state index contributed by atoms with van der Waals surface area (Å²) in [5.41, 5.74) is 5.96. The smallest absolute Gasteiger partial charge is 0.220 e. The van der Waals surface area contributed by atoms with Gasteiger partial charge in [0.25, 0.3) is 0 Å². The number of hydrogen-bond donors (Lipinski definition) is 3. The third-order valence-electron chi connectivity index (χ3n) is 7.28. The number of nitrogens with zero attached hydrogens (tertiary/aromatic N) is 5. The van der Waals surface area contributed by atoms with Gasteiger partial charge in [0.2, 0.25) is 5.95 Å². The van der Waals surface area contributed by atoms with Gasteiger partial charge >= 0.3 is 0 Å². The zero-order valence-electron chi connectivity index (χ0n) is 22.4. The van der Waals surface area contributed by atoms with Gasteiger partial charge in [0.05, 0.1) is 28.5 Å². The summed E-state index contributed by atoms with van der Waals surface area (Å²) in [6.45, 7) is 11.6. The van der Waals surface area contributed by atoms with Crippen molar-refractivity contribution < 1.29 is 14.6 Å². The summed E-state index contributed by atoms with van der Waals surface area (Å²) in [4.78, 5) is 14.8. The van der Waals surface area contributed by atoms with Crippen molar-refractivity contribution in [2.24, 2.45) is 0 Å². The normalized spacial score (nSPS) is 22.1. The van der Waals surface area contributed by atoms with Gasteiger partial charge in [0.15, 0.2) is 5.82 Å². The van der Waals surface area contributed by atoms with Crippen molar-refractivity contribution in [2.45, 2.75) is 103 Å². The van der Waals surface area contributed by atoms with E-state index in [2.05, 4.69) is 33.7 Å². The zero-order valence-corrected chi connectivity index (χ0v) is 23.2. The highest BCUT2D eigenvalue weighted by atomic mass is 35.5. The van der Waals surface area contributed by atoms with Gasteiger partial charge < -0.3 is 20.5 Å². The maximum atomic E-state index is 14.7. The maximum absolute atomic E-state index is 14.7. The molecule has 1 aromatic carbocycles. The highest BCUT2D eigenvalue weighted by Crippen LogP contribution is 2.37. The summed E-state index contributed by atoms with van der Waals surface area (Å²) in [5.74, 6) is -0.0815. The molecule has 0 amide bonds. The van der Waals surface area contributed by atoms with Gasteiger partial charge in [0.1, 0.15) is 16.9 Å². The summed E-state index contributed by atoms with van der Waals surface area (Å²) in [5, 5.41) is 20.5. The maximum Gasteiger partial charge on any atom is 0.220 e. The fourth-order valence-corrected chi connectivity index (χ4v) is 6.00. The molecule has 5 rings (SSSR count). The molecule has 2 aliphatic rings. The van der Waals surface area contributed by atoms with Crippen LogP contribution in [-0.2, 0) is 5.60 Å². The molecule has 4 heterocycles. The minimum absolute atomic E-state index is 0.0352. The van der Waals surface area contributed by atoms with E-state index in [1.54, 1.807) is 24.5 Å². The number of nitrogens with two attached hydrogens (primary N) is 1. The first-order chi connectivity index (χ1) is 17.3. The van der Waals surface area contributed by atoms with Crippen molar-refractivity contribution in [1.29, 1.82) is 0 Å². The van der Waals surface area contributed by atoms with Gasteiger partial charge in [-0.05, 0) is 79.4 Å². The van der Waals surface area contributed by atoms with E-state index in [4.69, 9.17) is 17.3 Å². The Morgan fingerprint density at radius 2 is 1.76 bits per heavy atom. The average Bonchev–Trinajstić information content (AvgIpc) is 3.37. The monoisotopic (exact) mass is 532 g/mol. The van der Waals surface area contributed by atoms with Crippen molar-refractivity contribution >= 4 is 28.6 Å². The number of imidazole rings is 1. The minimum atomic E-state index is -1.22. The van der Waals surface area contributed by atoms with Crippen LogP contribution in [0.15, 0.2) is 18.3 Å². The molecular weight excluding hydrogens is 495 g/mol. The van der Waals surface area contributed by atoms with Gasteiger partial charge in [0, 0.05) is 29.7 Å². The predicted octanol–water partition coefficient (Wildman–Crippen LogP) is 5.06. The zero-order chi connectivity index (χ0) is 27.2. The number of aliphatic hydroxyl groups excluding tert-OH is 1. The second kappa shape index (κ2) is 10.4. The molecule has 0 saturated carbocycles. The van der Waals surface area contributed by atoms with E-state index in [-0.39, 0.29) is 28.6 Å². The molecule has 10 heteroatoms. The average molecular weight is 533 g/mol. The van der Waals surface area contributed by atoms with Crippen molar-refractivity contribution in [3.05, 3.63) is 35.0 Å². The van der Waals surface area contributed by atoms with Crippen LogP contribution in [0.3, 0.4) is 0 Å². The van der Waals surface area contributed by atoms with E-state index in [9.17, 15) is 14.6 Å². The fraction of sp³-hybridized carbons (Fsp3) is 0.593. The van der Waals surface area contributed by atoms with Crippen molar-refractivity contribution in [2.75, 3.05) is 5.73 Å². The van der Waals surface area contributed by atoms with Crippen LogP contribution >= 0.6 is 11.6 Å². The Morgan fingerprint density at radius 3 is 2.35 bits per heavy atom. The van der Waals surface area contributed by atoms with Gasteiger partial charge in [-0.25, -0.2) is 19.3 Å². The summed E-state index contributed by atoms with van der Waals surface area (Å²) >= 11 is 6.15. The SMILES string of the molecule is CC(C)N1[C@H]2CC[C@H](O)[C@@H]1CC2.CC(C)n1c(C(C)(C)O)nc2c(F)cc(-c3nc(N)ncc3Cl)cc21. The predicted molar refractivity (Wildman–Crippen MR) is 145 cm³/mol. The Morgan fingerprint density at radius 1 is 1.08 bits per heavy atom. The van der Waals surface area contributed by atoms with E-state index < -0.39 is 11.4 Å². The molecule has 4 N–H and O–H groups in total. The lowest BCUT2D eigenvalue weighted by Gasteiger charge is -2.40. The number of nitrogen functional groups attached to an aromatic ring is 1. The highest BCUT2D eigenvalue weighted by molar-refractivity contribution is 6.33. The molecule has 37 heavy (non-hydrogen) atoms. The van der Waals surface area contributed by atoms with Gasteiger partial charge in [-0.3, -0.25) is 4.90 Å². The van der Waals surface area contributed by atoms with Crippen molar-refractivity contribution in [3.8, 4) is 11.3 Å². The largest absolute Gasteiger partial charge is 0.391 e. The summed E-state index contributed by atoms with van der Waals surface area (Å²) < 4.78 is 16.5. The number of aromatic nitrogens is 4. The van der Waals surface area contributed by atoms with Crippen LogP contribution in [0.5, 0.6) is 0 Å². The summed E-state index contributed by atoms with van der Waals surface area (Å²) in [6.07, 6.45) is 6.08. The number of anilines is 1. The van der Waals surface area contributed by atoms with Crippen LogP contribution < -0.4 is 5.73 Å². The van der Waals surface area contributed by atoms with Crippen molar-refractivity contribution in [1.82, 2.24) is 24.4 Å². The van der Waals surface area contributed by atoms with Gasteiger partial charge in [-0.1, -0.05) is 11.6 Å². The Hall–Kier alpha value is -2.33. The highest BCUT2D eigenvalue weighted by Gasteiger charge is 2.42. The number of aliphatic hydroxyl groups is 2. The van der Waals surface area contributed by atoms with E-state index in [1.807, 2.05) is 13.8 Å². The molecule has 0 spiro atoms. The Balaban J connectivity index is 0.000000222. The van der Waals surface area contributed by atoms with E-state index in [0.717, 1.165) is 12.5 Å². The number of hydrogen-bond acceptors (Lipinski definition) is 7. The van der Waals surface area contributed by atoms with Crippen LogP contribution in [-0.4, -0.2) is 58.9 Å². The second-order valence-electron chi connectivity index (χ2n) is 11.2. The van der Waals surface area contributed by atoms with Crippen LogP contribution in [0, 0.1) is 5.82 Å². The quantitative estimate of drug-likeness (QED) is 0.430. The number of piperidine rings is 1. The molecule has 0 radical (unpaired) electrons. The van der Waals surface area contributed by atoms with Crippen LogP contribution in [0.25, 0.3) is 22.3 Å². The van der Waals surface area contributed by atoms with E-state index in [1.165, 1.54) is 31.5 Å². The third-order valence-corrected chi connectivity index (χ3v) is 7.56. The minimum Gasteiger partial charge on any atom is -0.391 e. The molecule has 3 aromatic rings. The van der Waals surface area contributed by atoms with E-state index >= 15 is 0 Å². The first-order valence-corrected chi connectivity index (χ1v) is 13.4. The molecular formula is C27H38ClFN6O2. The van der Waals surface area contributed by atoms with Crippen molar-refractivity contribution in [3.63, 3.8) is 0 Å². The molecule has 0 unspecified atom stereocenters. The lowest BCUT2D eigenvalue weighted by atomic mass is 9.98. The number of fused-ring (bicyclic) bond motifs is 3. The summed E-state index contributed by atoms with van der Waals surface area (Å²) in [7, 11) is 0. The molecule has 2 aliphatic heterocycles. The molecule has 2 bridgehead atoms. The number of halogens is 2. The Labute approximate surface area is 222 Å². The summed E-state index contributed by atoms with van der Waals surface area (Å²) in [6, 6.07) is 4.88. The van der Waals surface area contributed by atoms with Gasteiger partial charge in [-0.2, -0.15) is 0 Å². The van der Waals surface area contributed by atoms with Gasteiger partial charge in [-0.15, -0.1) is 0 Å². The molecule has 2 saturated heterocycles. The molecule has 2 fully saturated rings. The molecule has 2 aromatic heterocycles. The lowest BCUT2D eigenvalue weighted by Crippen LogP contribution is -2.50. The molecule has 3 atom stereocenters. The first-order valence-electron chi connectivity index (χ1n) is 13.0. The molecule has 202 valence electrons. The first kappa shape index (κ1) is 27.7. The standard InChI is InChI=1S/C17H19ClFN5O.C10H19NO/c1-8(2)24-12-6-9(13-10(18)7-21-16(20)23-13)5-11(19)14(12)22-15(24)17(3,4)25;1-7(2)11-8-3-5-9(11)10(12)6-4-8/h5-8,25H,1-4H3,(H2,20,21,23);7-10,12H,3-6H2,1-2H3/t;8-,9+,10+/m.1/s1. The number of rotatable bonds is 4.